The molecule has 0 atom stereocenters. The van der Waals surface area contributed by atoms with Gasteiger partial charge >= 0.3 is 12.4 Å². The van der Waals surface area contributed by atoms with Gasteiger partial charge in [-0.1, -0.05) is 24.3 Å². The number of hydrogen-bond acceptors (Lipinski definition) is 6. The molecule has 4 heterocycles. The molecule has 0 aliphatic heterocycles. The highest BCUT2D eigenvalue weighted by Gasteiger charge is 2.33. The van der Waals surface area contributed by atoms with Crippen LogP contribution < -0.4 is 11.1 Å². The summed E-state index contributed by atoms with van der Waals surface area (Å²) in [5.74, 6) is 0. The van der Waals surface area contributed by atoms with E-state index in [2.05, 4.69) is 19.9 Å². The molecule has 50 heavy (non-hydrogen) atoms. The van der Waals surface area contributed by atoms with Gasteiger partial charge in [0.15, 0.2) is 11.3 Å². The van der Waals surface area contributed by atoms with E-state index in [4.69, 9.17) is 0 Å². The van der Waals surface area contributed by atoms with Crippen LogP contribution in [-0.4, -0.2) is 29.1 Å². The molecule has 0 saturated heterocycles. The maximum absolute atomic E-state index is 12.9. The number of alkyl halides is 6. The Morgan fingerprint density at radius 1 is 0.560 bits per heavy atom. The lowest BCUT2D eigenvalue weighted by molar-refractivity contribution is -0.138. The molecule has 2 fully saturated rings. The van der Waals surface area contributed by atoms with Crippen molar-refractivity contribution in [1.29, 1.82) is 0 Å². The highest BCUT2D eigenvalue weighted by Crippen LogP contribution is 2.38. The summed E-state index contributed by atoms with van der Waals surface area (Å²) >= 11 is 0. The fourth-order valence-corrected chi connectivity index (χ4v) is 5.79. The number of halogens is 6. The molecule has 0 unspecified atom stereocenters. The van der Waals surface area contributed by atoms with Crippen LogP contribution in [0.5, 0.6) is 0 Å². The van der Waals surface area contributed by atoms with Gasteiger partial charge in [-0.25, -0.2) is 19.9 Å². The average Bonchev–Trinajstić information content (AvgIpc) is 4.00. The Balaban J connectivity index is 0.000000157. The molecule has 2 saturated carbocycles. The Labute approximate surface area is 280 Å². The highest BCUT2D eigenvalue weighted by molar-refractivity contribution is 5.78. The van der Waals surface area contributed by atoms with E-state index in [9.17, 15) is 35.9 Å². The summed E-state index contributed by atoms with van der Waals surface area (Å²) in [5.41, 5.74) is 2.93. The molecule has 256 valence electrons. The number of nitrogens with zero attached hydrogens (tertiary/aromatic N) is 6. The summed E-state index contributed by atoms with van der Waals surface area (Å²) in [5, 5.41) is 0. The lowest BCUT2D eigenvalue weighted by Crippen LogP contribution is -2.24. The van der Waals surface area contributed by atoms with Crippen LogP contribution in [0.4, 0.5) is 26.3 Å². The number of aromatic nitrogens is 6. The normalized spacial score (nSPS) is 14.9. The van der Waals surface area contributed by atoms with Crippen molar-refractivity contribution >= 4 is 22.3 Å². The molecule has 4 aromatic heterocycles. The summed E-state index contributed by atoms with van der Waals surface area (Å²) in [6, 6.07) is 12.8. The van der Waals surface area contributed by atoms with E-state index < -0.39 is 23.5 Å². The first-order valence-electron chi connectivity index (χ1n) is 15.8. The van der Waals surface area contributed by atoms with E-state index in [1.807, 2.05) is 13.8 Å². The Kier molecular flexibility index (Phi) is 8.07. The summed E-state index contributed by atoms with van der Waals surface area (Å²) in [6.45, 7) is 3.74. The molecule has 14 heteroatoms. The Bertz CT molecular complexity index is 2210. The van der Waals surface area contributed by atoms with Gasteiger partial charge in [-0.2, -0.15) is 26.3 Å². The van der Waals surface area contributed by atoms with Gasteiger partial charge < -0.3 is 0 Å². The number of pyridine rings is 2. The monoisotopic (exact) mass is 690 g/mol. The minimum atomic E-state index is -4.41. The third-order valence-corrected chi connectivity index (χ3v) is 8.76. The molecular formula is C36H28F6N6O2. The Morgan fingerprint density at radius 3 is 1.20 bits per heavy atom. The van der Waals surface area contributed by atoms with Crippen molar-refractivity contribution < 1.29 is 26.3 Å². The van der Waals surface area contributed by atoms with Crippen LogP contribution in [-0.2, 0) is 12.4 Å². The summed E-state index contributed by atoms with van der Waals surface area (Å²) < 4.78 is 79.8. The van der Waals surface area contributed by atoms with Crippen molar-refractivity contribution in [2.45, 2.75) is 64.0 Å². The van der Waals surface area contributed by atoms with E-state index >= 15 is 0 Å². The van der Waals surface area contributed by atoms with Gasteiger partial charge in [0.05, 0.1) is 11.1 Å². The lowest BCUT2D eigenvalue weighted by Gasteiger charge is -2.12. The fourth-order valence-electron chi connectivity index (χ4n) is 5.79. The van der Waals surface area contributed by atoms with Gasteiger partial charge in [0.2, 0.25) is 0 Å². The third kappa shape index (κ3) is 6.25. The lowest BCUT2D eigenvalue weighted by atomic mass is 10.1. The van der Waals surface area contributed by atoms with Crippen molar-refractivity contribution in [3.8, 4) is 22.5 Å². The number of aryl methyl sites for hydroxylation is 2. The molecule has 0 N–H and O–H groups in total. The fraction of sp³-hybridized carbons (Fsp3) is 0.278. The van der Waals surface area contributed by atoms with Crippen LogP contribution in [0.3, 0.4) is 0 Å². The molecule has 2 aromatic carbocycles. The molecule has 6 aromatic rings. The van der Waals surface area contributed by atoms with Crippen LogP contribution in [0.1, 0.15) is 60.0 Å². The van der Waals surface area contributed by atoms with Gasteiger partial charge in [0, 0.05) is 35.6 Å². The zero-order valence-electron chi connectivity index (χ0n) is 26.7. The SMILES string of the molecule is Cc1ccnc2c1nc(-c1ccc(C(F)(F)F)cc1)c(=O)n2C1CC1.Cc1ccnc2c1nc(-c1ccc(C(F)(F)F)cc1)c(=O)n2C1CC1. The van der Waals surface area contributed by atoms with Gasteiger partial charge in [0.25, 0.3) is 11.1 Å². The maximum atomic E-state index is 12.9. The van der Waals surface area contributed by atoms with Crippen molar-refractivity contribution in [2.24, 2.45) is 0 Å². The third-order valence-electron chi connectivity index (χ3n) is 8.76. The second kappa shape index (κ2) is 12.2. The molecule has 2 aliphatic rings. The van der Waals surface area contributed by atoms with E-state index in [-0.39, 0.29) is 34.6 Å². The number of rotatable bonds is 4. The van der Waals surface area contributed by atoms with Crippen LogP contribution in [0.15, 0.2) is 82.6 Å². The van der Waals surface area contributed by atoms with Crippen LogP contribution in [0, 0.1) is 13.8 Å². The van der Waals surface area contributed by atoms with Crippen molar-refractivity contribution in [1.82, 2.24) is 29.1 Å². The Morgan fingerprint density at radius 2 is 0.900 bits per heavy atom. The van der Waals surface area contributed by atoms with E-state index in [1.165, 1.54) is 24.3 Å². The second-order valence-electron chi connectivity index (χ2n) is 12.5. The number of hydrogen-bond donors (Lipinski definition) is 0. The van der Waals surface area contributed by atoms with Crippen molar-refractivity contribution in [2.75, 3.05) is 0 Å². The predicted octanol–water partition coefficient (Wildman–Crippen LogP) is 8.24. The number of benzene rings is 2. The second-order valence-corrected chi connectivity index (χ2v) is 12.5. The minimum absolute atomic E-state index is 0.0838. The smallest absolute Gasteiger partial charge is 0.286 e. The zero-order chi connectivity index (χ0) is 35.5. The summed E-state index contributed by atoms with van der Waals surface area (Å²) in [7, 11) is 0. The van der Waals surface area contributed by atoms with Crippen LogP contribution in [0.2, 0.25) is 0 Å². The number of fused-ring (bicyclic) bond motifs is 2. The molecule has 0 bridgehead atoms. The van der Waals surface area contributed by atoms with Gasteiger partial charge in [-0.05, 0) is 87.1 Å². The first-order chi connectivity index (χ1) is 23.7. The van der Waals surface area contributed by atoms with Gasteiger partial charge in [-0.3, -0.25) is 18.7 Å². The zero-order valence-corrected chi connectivity index (χ0v) is 26.7. The molecule has 0 spiro atoms. The van der Waals surface area contributed by atoms with Crippen LogP contribution in [0.25, 0.3) is 44.8 Å². The van der Waals surface area contributed by atoms with E-state index in [1.54, 1.807) is 33.7 Å². The largest absolute Gasteiger partial charge is 0.416 e. The molecule has 8 nitrogen and oxygen atoms in total. The highest BCUT2D eigenvalue weighted by atomic mass is 19.4. The topological polar surface area (TPSA) is 95.6 Å². The molecule has 2 aliphatic carbocycles. The summed E-state index contributed by atoms with van der Waals surface area (Å²) in [4.78, 5) is 43.2. The quantitative estimate of drug-likeness (QED) is 0.173. The van der Waals surface area contributed by atoms with Gasteiger partial charge in [0.1, 0.15) is 22.4 Å². The van der Waals surface area contributed by atoms with Crippen LogP contribution >= 0.6 is 0 Å². The van der Waals surface area contributed by atoms with Crippen molar-refractivity contribution in [3.05, 3.63) is 116 Å². The first kappa shape index (κ1) is 33.1. The standard InChI is InChI=1S/2C18H14F3N3O/c2*1-10-8-9-22-16-14(10)23-15(17(25)24(16)13-6-7-13)11-2-4-12(5-3-11)18(19,20)21/h2*2-5,8-9,13H,6-7H2,1H3. The van der Waals surface area contributed by atoms with Crippen molar-refractivity contribution in [3.63, 3.8) is 0 Å². The molecule has 0 radical (unpaired) electrons. The maximum Gasteiger partial charge on any atom is 0.416 e. The molecular weight excluding hydrogens is 662 g/mol. The van der Waals surface area contributed by atoms with E-state index in [0.29, 0.717) is 33.5 Å². The minimum Gasteiger partial charge on any atom is -0.286 e. The Hall–Kier alpha value is -5.40. The molecule has 8 rings (SSSR count). The van der Waals surface area contributed by atoms with E-state index in [0.717, 1.165) is 61.1 Å². The predicted molar refractivity (Wildman–Crippen MR) is 174 cm³/mol. The van der Waals surface area contributed by atoms with Gasteiger partial charge in [-0.15, -0.1) is 0 Å². The molecule has 0 amide bonds. The summed E-state index contributed by atoms with van der Waals surface area (Å²) in [6.07, 6.45) is -2.00. The first-order valence-corrected chi connectivity index (χ1v) is 15.8. The average molecular weight is 691 g/mol.